The normalized spacial score (nSPS) is 14.8. The zero-order chi connectivity index (χ0) is 12.0. The van der Waals surface area contributed by atoms with Crippen LogP contribution in [0, 0.1) is 6.92 Å². The lowest BCUT2D eigenvalue weighted by atomic mass is 10.1. The summed E-state index contributed by atoms with van der Waals surface area (Å²) in [7, 11) is 0. The summed E-state index contributed by atoms with van der Waals surface area (Å²) in [5.74, 6) is 0. The van der Waals surface area contributed by atoms with Crippen LogP contribution in [0.5, 0.6) is 0 Å². The molecule has 0 aromatic carbocycles. The second-order valence-corrected chi connectivity index (χ2v) is 4.98. The van der Waals surface area contributed by atoms with Gasteiger partial charge in [0.25, 0.3) is 0 Å². The maximum absolute atomic E-state index is 9.30. The number of aliphatic hydroxyl groups excluding tert-OH is 1. The average molecular weight is 241 g/mol. The molecule has 0 aliphatic heterocycles. The van der Waals surface area contributed by atoms with Crippen LogP contribution in [-0.2, 0) is 0 Å². The Morgan fingerprint density at radius 3 is 2.88 bits per heavy atom. The van der Waals surface area contributed by atoms with Gasteiger partial charge >= 0.3 is 0 Å². The SMILES string of the molecule is CCCC(N)C(CO)Sc1nccc(C)n1. The molecule has 2 atom stereocenters. The molecule has 3 N–H and O–H groups in total. The second kappa shape index (κ2) is 6.83. The lowest BCUT2D eigenvalue weighted by Gasteiger charge is -2.19. The molecule has 1 heterocycles. The molecule has 2 unspecified atom stereocenters. The van der Waals surface area contributed by atoms with Gasteiger partial charge in [-0.3, -0.25) is 0 Å². The third-order valence-corrected chi connectivity index (χ3v) is 3.52. The summed E-state index contributed by atoms with van der Waals surface area (Å²) in [6, 6.07) is 1.84. The van der Waals surface area contributed by atoms with Crippen molar-refractivity contribution in [1.29, 1.82) is 0 Å². The molecule has 1 rings (SSSR count). The molecule has 0 fully saturated rings. The van der Waals surface area contributed by atoms with Crippen molar-refractivity contribution < 1.29 is 5.11 Å². The lowest BCUT2D eigenvalue weighted by molar-refractivity contribution is 0.279. The van der Waals surface area contributed by atoms with Gasteiger partial charge in [0.2, 0.25) is 0 Å². The fraction of sp³-hybridized carbons (Fsp3) is 0.636. The molecule has 1 aromatic rings. The molecular formula is C11H19N3OS. The minimum atomic E-state index is -0.0262. The highest BCUT2D eigenvalue weighted by atomic mass is 32.2. The fourth-order valence-electron chi connectivity index (χ4n) is 1.40. The van der Waals surface area contributed by atoms with E-state index in [1.54, 1.807) is 6.20 Å². The van der Waals surface area contributed by atoms with Crippen LogP contribution in [0.2, 0.25) is 0 Å². The van der Waals surface area contributed by atoms with Crippen molar-refractivity contribution in [3.8, 4) is 0 Å². The first-order valence-corrected chi connectivity index (χ1v) is 6.38. The van der Waals surface area contributed by atoms with E-state index in [1.165, 1.54) is 11.8 Å². The van der Waals surface area contributed by atoms with Crippen LogP contribution in [0.15, 0.2) is 17.4 Å². The number of aryl methyl sites for hydroxylation is 1. The number of hydrogen-bond acceptors (Lipinski definition) is 5. The predicted octanol–water partition coefficient (Wildman–Crippen LogP) is 1.37. The maximum atomic E-state index is 9.30. The Labute approximate surface area is 101 Å². The first kappa shape index (κ1) is 13.4. The van der Waals surface area contributed by atoms with Crippen LogP contribution in [0.1, 0.15) is 25.5 Å². The van der Waals surface area contributed by atoms with Gasteiger partial charge in [0, 0.05) is 17.9 Å². The van der Waals surface area contributed by atoms with Crippen molar-refractivity contribution in [3.63, 3.8) is 0 Å². The van der Waals surface area contributed by atoms with Gasteiger partial charge in [-0.1, -0.05) is 25.1 Å². The Morgan fingerprint density at radius 2 is 2.31 bits per heavy atom. The predicted molar refractivity (Wildman–Crippen MR) is 66.4 cm³/mol. The Bertz CT molecular complexity index is 322. The highest BCUT2D eigenvalue weighted by Crippen LogP contribution is 2.22. The number of aromatic nitrogens is 2. The van der Waals surface area contributed by atoms with Gasteiger partial charge in [0.05, 0.1) is 11.9 Å². The van der Waals surface area contributed by atoms with Crippen LogP contribution < -0.4 is 5.73 Å². The number of rotatable bonds is 6. The van der Waals surface area contributed by atoms with Gasteiger partial charge in [-0.2, -0.15) is 0 Å². The van der Waals surface area contributed by atoms with Gasteiger partial charge in [-0.05, 0) is 19.4 Å². The van der Waals surface area contributed by atoms with E-state index in [1.807, 2.05) is 13.0 Å². The zero-order valence-corrected chi connectivity index (χ0v) is 10.6. The van der Waals surface area contributed by atoms with Crippen molar-refractivity contribution in [1.82, 2.24) is 9.97 Å². The molecule has 4 nitrogen and oxygen atoms in total. The summed E-state index contributed by atoms with van der Waals surface area (Å²) in [5, 5.41) is 9.96. The Hall–Kier alpha value is -0.650. The summed E-state index contributed by atoms with van der Waals surface area (Å²) in [4.78, 5) is 8.44. The van der Waals surface area contributed by atoms with E-state index in [-0.39, 0.29) is 17.9 Å². The van der Waals surface area contributed by atoms with E-state index in [9.17, 15) is 5.11 Å². The quantitative estimate of drug-likeness (QED) is 0.581. The average Bonchev–Trinajstić information content (AvgIpc) is 2.26. The third kappa shape index (κ3) is 4.08. The molecule has 0 bridgehead atoms. The van der Waals surface area contributed by atoms with Crippen LogP contribution in [0.25, 0.3) is 0 Å². The molecule has 0 spiro atoms. The molecule has 1 aromatic heterocycles. The monoisotopic (exact) mass is 241 g/mol. The lowest BCUT2D eigenvalue weighted by Crippen LogP contribution is -2.35. The van der Waals surface area contributed by atoms with Crippen molar-refractivity contribution >= 4 is 11.8 Å². The first-order valence-electron chi connectivity index (χ1n) is 5.50. The van der Waals surface area contributed by atoms with Gasteiger partial charge in [0.1, 0.15) is 0 Å². The van der Waals surface area contributed by atoms with E-state index < -0.39 is 0 Å². The van der Waals surface area contributed by atoms with Gasteiger partial charge < -0.3 is 10.8 Å². The third-order valence-electron chi connectivity index (χ3n) is 2.31. The molecule has 0 amide bonds. The van der Waals surface area contributed by atoms with Crippen LogP contribution in [0.4, 0.5) is 0 Å². The summed E-state index contributed by atoms with van der Waals surface area (Å²) in [6.07, 6.45) is 3.65. The number of thioether (sulfide) groups is 1. The van der Waals surface area contributed by atoms with E-state index in [4.69, 9.17) is 5.73 Å². The van der Waals surface area contributed by atoms with Crippen LogP contribution >= 0.6 is 11.8 Å². The van der Waals surface area contributed by atoms with E-state index in [0.717, 1.165) is 18.5 Å². The summed E-state index contributed by atoms with van der Waals surface area (Å²) < 4.78 is 0. The minimum absolute atomic E-state index is 0.0101. The van der Waals surface area contributed by atoms with Crippen LogP contribution in [0.3, 0.4) is 0 Å². The first-order chi connectivity index (χ1) is 7.67. The molecule has 90 valence electrons. The van der Waals surface area contributed by atoms with E-state index in [2.05, 4.69) is 16.9 Å². The number of aliphatic hydroxyl groups is 1. The van der Waals surface area contributed by atoms with Gasteiger partial charge in [-0.25, -0.2) is 9.97 Å². The van der Waals surface area contributed by atoms with Crippen molar-refractivity contribution in [3.05, 3.63) is 18.0 Å². The smallest absolute Gasteiger partial charge is 0.188 e. The Balaban J connectivity index is 2.62. The van der Waals surface area contributed by atoms with E-state index in [0.29, 0.717) is 5.16 Å². The summed E-state index contributed by atoms with van der Waals surface area (Å²) in [6.45, 7) is 4.07. The minimum Gasteiger partial charge on any atom is -0.395 e. The molecule has 5 heteroatoms. The van der Waals surface area contributed by atoms with Crippen molar-refractivity contribution in [2.45, 2.75) is 43.1 Å². The summed E-state index contributed by atoms with van der Waals surface area (Å²) in [5.41, 5.74) is 6.92. The fourth-order valence-corrected chi connectivity index (χ4v) is 2.37. The highest BCUT2D eigenvalue weighted by molar-refractivity contribution is 7.99. The molecule has 0 aliphatic rings. The van der Waals surface area contributed by atoms with Crippen molar-refractivity contribution in [2.75, 3.05) is 6.61 Å². The van der Waals surface area contributed by atoms with E-state index >= 15 is 0 Å². The standard InChI is InChI=1S/C11H19N3OS/c1-3-4-9(12)10(7-15)16-11-13-6-5-8(2)14-11/h5-6,9-10,15H,3-4,7,12H2,1-2H3. The zero-order valence-electron chi connectivity index (χ0n) is 9.76. The van der Waals surface area contributed by atoms with Crippen LogP contribution in [-0.4, -0.2) is 33.0 Å². The Kier molecular flexibility index (Phi) is 5.73. The van der Waals surface area contributed by atoms with Crippen molar-refractivity contribution in [2.24, 2.45) is 5.73 Å². The largest absolute Gasteiger partial charge is 0.395 e. The maximum Gasteiger partial charge on any atom is 0.188 e. The molecule has 16 heavy (non-hydrogen) atoms. The topological polar surface area (TPSA) is 72.0 Å². The highest BCUT2D eigenvalue weighted by Gasteiger charge is 2.18. The molecule has 0 saturated carbocycles. The summed E-state index contributed by atoms with van der Waals surface area (Å²) >= 11 is 1.45. The molecule has 0 radical (unpaired) electrons. The number of hydrogen-bond donors (Lipinski definition) is 2. The number of nitrogens with two attached hydrogens (primary N) is 1. The molecule has 0 aliphatic carbocycles. The van der Waals surface area contributed by atoms with Gasteiger partial charge in [-0.15, -0.1) is 0 Å². The number of nitrogens with zero attached hydrogens (tertiary/aromatic N) is 2. The second-order valence-electron chi connectivity index (χ2n) is 3.77. The van der Waals surface area contributed by atoms with Gasteiger partial charge in [0.15, 0.2) is 5.16 Å². The Morgan fingerprint density at radius 1 is 1.56 bits per heavy atom. The molecule has 0 saturated heterocycles. The molecular weight excluding hydrogens is 222 g/mol.